The molecule has 0 aliphatic heterocycles. The molecule has 0 saturated carbocycles. The van der Waals surface area contributed by atoms with Gasteiger partial charge in [-0.1, -0.05) is 0 Å². The Hall–Kier alpha value is -1.04. The summed E-state index contributed by atoms with van der Waals surface area (Å²) >= 11 is 0. The number of nitrogens with zero attached hydrogens (tertiary/aromatic N) is 2. The minimum absolute atomic E-state index is 0.100. The molecule has 0 bridgehead atoms. The molecule has 1 heterocycles. The maximum atomic E-state index is 11.2. The van der Waals surface area contributed by atoms with Crippen molar-refractivity contribution in [3.8, 4) is 0 Å². The minimum atomic E-state index is -2.96. The van der Waals surface area contributed by atoms with Crippen molar-refractivity contribution in [1.29, 1.82) is 0 Å². The topological polar surface area (TPSA) is 64.0 Å². The molecule has 5 nitrogen and oxygen atoms in total. The Morgan fingerprint density at radius 3 is 2.80 bits per heavy atom. The Morgan fingerprint density at radius 1 is 1.60 bits per heavy atom. The number of hydrogen-bond donors (Lipinski definition) is 1. The fraction of sp³-hybridized carbons (Fsp3) is 0.667. The van der Waals surface area contributed by atoms with Crippen LogP contribution in [0, 0.1) is 0 Å². The van der Waals surface area contributed by atoms with E-state index in [-0.39, 0.29) is 11.8 Å². The Balaban J connectivity index is 2.81. The second-order valence-corrected chi connectivity index (χ2v) is 5.81. The number of hydrogen-bond acceptors (Lipinski definition) is 4. The second kappa shape index (κ2) is 4.65. The third-order valence-corrected chi connectivity index (χ3v) is 3.11. The molecule has 0 aliphatic rings. The van der Waals surface area contributed by atoms with E-state index in [0.717, 1.165) is 6.54 Å². The van der Waals surface area contributed by atoms with E-state index in [0.29, 0.717) is 5.95 Å². The van der Waals surface area contributed by atoms with Crippen LogP contribution < -0.4 is 5.32 Å². The largest absolute Gasteiger partial charge is 0.356 e. The number of sulfone groups is 1. The molecular weight excluding hydrogens is 214 g/mol. The summed E-state index contributed by atoms with van der Waals surface area (Å²) in [4.78, 5) is 4.11. The average molecular weight is 231 g/mol. The first kappa shape index (κ1) is 12.0. The second-order valence-electron chi connectivity index (χ2n) is 3.63. The van der Waals surface area contributed by atoms with Gasteiger partial charge >= 0.3 is 0 Å². The normalized spacial score (nSPS) is 13.8. The third kappa shape index (κ3) is 3.54. The van der Waals surface area contributed by atoms with Gasteiger partial charge in [-0.25, -0.2) is 13.4 Å². The molecule has 15 heavy (non-hydrogen) atoms. The molecule has 1 rings (SSSR count). The van der Waals surface area contributed by atoms with Crippen molar-refractivity contribution < 1.29 is 8.42 Å². The highest BCUT2D eigenvalue weighted by Crippen LogP contribution is 2.14. The van der Waals surface area contributed by atoms with Gasteiger partial charge in [0.25, 0.3) is 0 Å². The Labute approximate surface area is 90.4 Å². The van der Waals surface area contributed by atoms with Gasteiger partial charge < -0.3 is 9.88 Å². The van der Waals surface area contributed by atoms with Crippen LogP contribution in [0.3, 0.4) is 0 Å². The first-order valence-electron chi connectivity index (χ1n) is 4.88. The van der Waals surface area contributed by atoms with E-state index in [9.17, 15) is 8.42 Å². The summed E-state index contributed by atoms with van der Waals surface area (Å²) in [6.45, 7) is 4.60. The van der Waals surface area contributed by atoms with Crippen LogP contribution in [-0.2, 0) is 9.84 Å². The summed E-state index contributed by atoms with van der Waals surface area (Å²) in [5, 5.41) is 3.08. The van der Waals surface area contributed by atoms with Crippen LogP contribution in [0.2, 0.25) is 0 Å². The summed E-state index contributed by atoms with van der Waals surface area (Å²) in [6, 6.07) is -0.100. The van der Waals surface area contributed by atoms with Crippen LogP contribution in [0.25, 0.3) is 0 Å². The molecule has 1 unspecified atom stereocenters. The summed E-state index contributed by atoms with van der Waals surface area (Å²) in [5.74, 6) is 0.843. The van der Waals surface area contributed by atoms with Gasteiger partial charge in [0, 0.05) is 31.2 Å². The highest BCUT2D eigenvalue weighted by atomic mass is 32.2. The van der Waals surface area contributed by atoms with Crippen molar-refractivity contribution in [2.75, 3.05) is 23.9 Å². The van der Waals surface area contributed by atoms with E-state index in [4.69, 9.17) is 0 Å². The van der Waals surface area contributed by atoms with Gasteiger partial charge in [0.05, 0.1) is 5.75 Å². The zero-order chi connectivity index (χ0) is 11.5. The SMILES string of the molecule is CCNc1nccn1C(C)CS(C)(=O)=O. The van der Waals surface area contributed by atoms with E-state index in [2.05, 4.69) is 10.3 Å². The average Bonchev–Trinajstić information content (AvgIpc) is 2.49. The Kier molecular flexibility index (Phi) is 3.73. The zero-order valence-electron chi connectivity index (χ0n) is 9.27. The Morgan fingerprint density at radius 2 is 2.27 bits per heavy atom. The predicted octanol–water partition coefficient (Wildman–Crippen LogP) is 0.920. The molecule has 0 aliphatic carbocycles. The van der Waals surface area contributed by atoms with Crippen LogP contribution in [0.5, 0.6) is 0 Å². The van der Waals surface area contributed by atoms with Gasteiger partial charge in [-0.2, -0.15) is 0 Å². The van der Waals surface area contributed by atoms with Crippen LogP contribution in [-0.4, -0.2) is 36.5 Å². The maximum absolute atomic E-state index is 11.2. The monoisotopic (exact) mass is 231 g/mol. The molecule has 1 aromatic heterocycles. The first-order valence-corrected chi connectivity index (χ1v) is 6.94. The van der Waals surface area contributed by atoms with Gasteiger partial charge in [0.1, 0.15) is 9.84 Å². The third-order valence-electron chi connectivity index (χ3n) is 2.02. The molecule has 6 heteroatoms. The van der Waals surface area contributed by atoms with Crippen LogP contribution >= 0.6 is 0 Å². The standard InChI is InChI=1S/C9H17N3O2S/c1-4-10-9-11-5-6-12(9)8(2)7-15(3,13)14/h5-6,8H,4,7H2,1-3H3,(H,10,11). The van der Waals surface area contributed by atoms with Crippen LogP contribution in [0.15, 0.2) is 12.4 Å². The lowest BCUT2D eigenvalue weighted by Crippen LogP contribution is -2.18. The van der Waals surface area contributed by atoms with Crippen molar-refractivity contribution in [3.63, 3.8) is 0 Å². The first-order chi connectivity index (χ1) is 6.94. The van der Waals surface area contributed by atoms with E-state index in [1.165, 1.54) is 6.26 Å². The predicted molar refractivity (Wildman–Crippen MR) is 60.8 cm³/mol. The molecule has 1 atom stereocenters. The molecule has 0 spiro atoms. The highest BCUT2D eigenvalue weighted by Gasteiger charge is 2.14. The van der Waals surface area contributed by atoms with Gasteiger partial charge in [-0.3, -0.25) is 0 Å². The molecule has 0 fully saturated rings. The van der Waals surface area contributed by atoms with E-state index < -0.39 is 9.84 Å². The summed E-state index contributed by atoms with van der Waals surface area (Å²) in [7, 11) is -2.96. The number of nitrogens with one attached hydrogen (secondary N) is 1. The lowest BCUT2D eigenvalue weighted by Gasteiger charge is -2.15. The number of anilines is 1. The number of aromatic nitrogens is 2. The fourth-order valence-electron chi connectivity index (χ4n) is 1.48. The van der Waals surface area contributed by atoms with Gasteiger partial charge in [0.15, 0.2) is 0 Å². The van der Waals surface area contributed by atoms with Crippen molar-refractivity contribution in [3.05, 3.63) is 12.4 Å². The molecule has 0 amide bonds. The quantitative estimate of drug-likeness (QED) is 0.818. The molecule has 1 aromatic rings. The van der Waals surface area contributed by atoms with Crippen LogP contribution in [0.4, 0.5) is 5.95 Å². The van der Waals surface area contributed by atoms with Crippen molar-refractivity contribution in [2.45, 2.75) is 19.9 Å². The van der Waals surface area contributed by atoms with E-state index in [1.807, 2.05) is 18.4 Å². The lowest BCUT2D eigenvalue weighted by molar-refractivity contribution is 0.564. The smallest absolute Gasteiger partial charge is 0.203 e. The van der Waals surface area contributed by atoms with Crippen molar-refractivity contribution in [2.24, 2.45) is 0 Å². The van der Waals surface area contributed by atoms with Crippen molar-refractivity contribution in [1.82, 2.24) is 9.55 Å². The summed E-state index contributed by atoms with van der Waals surface area (Å²) in [5.41, 5.74) is 0. The molecule has 0 aromatic carbocycles. The maximum Gasteiger partial charge on any atom is 0.203 e. The van der Waals surface area contributed by atoms with E-state index in [1.54, 1.807) is 12.4 Å². The molecule has 86 valence electrons. The summed E-state index contributed by atoms with van der Waals surface area (Å²) in [6.07, 6.45) is 4.69. The molecular formula is C9H17N3O2S. The minimum Gasteiger partial charge on any atom is -0.356 e. The van der Waals surface area contributed by atoms with Gasteiger partial charge in [0.2, 0.25) is 5.95 Å². The van der Waals surface area contributed by atoms with Crippen molar-refractivity contribution >= 4 is 15.8 Å². The molecule has 0 saturated heterocycles. The van der Waals surface area contributed by atoms with Gasteiger partial charge in [-0.05, 0) is 13.8 Å². The number of rotatable bonds is 5. The zero-order valence-corrected chi connectivity index (χ0v) is 10.1. The highest BCUT2D eigenvalue weighted by molar-refractivity contribution is 7.90. The number of imidazole rings is 1. The fourth-order valence-corrected chi connectivity index (χ4v) is 2.52. The lowest BCUT2D eigenvalue weighted by atomic mass is 10.4. The van der Waals surface area contributed by atoms with E-state index >= 15 is 0 Å². The Bertz CT molecular complexity index is 411. The molecule has 1 N–H and O–H groups in total. The van der Waals surface area contributed by atoms with Gasteiger partial charge in [-0.15, -0.1) is 0 Å². The van der Waals surface area contributed by atoms with Crippen LogP contribution in [0.1, 0.15) is 19.9 Å². The summed E-state index contributed by atoms with van der Waals surface area (Å²) < 4.78 is 24.1. The molecule has 0 radical (unpaired) electrons.